The van der Waals surface area contributed by atoms with Crippen molar-refractivity contribution in [3.05, 3.63) is 35.1 Å². The van der Waals surface area contributed by atoms with E-state index in [1.54, 1.807) is 19.1 Å². The Morgan fingerprint density at radius 1 is 1.38 bits per heavy atom. The molecule has 1 aromatic carbocycles. The second kappa shape index (κ2) is 4.24. The molecule has 0 saturated carbocycles. The third kappa shape index (κ3) is 2.60. The molecule has 0 bridgehead atoms. The molecule has 1 unspecified atom stereocenters. The number of halogens is 1. The highest BCUT2D eigenvalue weighted by Crippen LogP contribution is 2.27. The molecular formula is C13H17FO2. The Labute approximate surface area is 95.1 Å². The maximum Gasteiger partial charge on any atom is 0.310 e. The van der Waals surface area contributed by atoms with Crippen LogP contribution in [0.5, 0.6) is 0 Å². The van der Waals surface area contributed by atoms with Crippen LogP contribution in [0, 0.1) is 5.82 Å². The van der Waals surface area contributed by atoms with Gasteiger partial charge < -0.3 is 5.11 Å². The van der Waals surface area contributed by atoms with Crippen molar-refractivity contribution in [1.29, 1.82) is 0 Å². The van der Waals surface area contributed by atoms with E-state index in [1.807, 2.05) is 20.8 Å². The summed E-state index contributed by atoms with van der Waals surface area (Å²) in [4.78, 5) is 10.8. The highest BCUT2D eigenvalue weighted by molar-refractivity contribution is 5.75. The van der Waals surface area contributed by atoms with Crippen LogP contribution in [0.15, 0.2) is 18.2 Å². The van der Waals surface area contributed by atoms with Crippen LogP contribution >= 0.6 is 0 Å². The fraction of sp³-hybridized carbons (Fsp3) is 0.462. The molecule has 2 nitrogen and oxygen atoms in total. The molecule has 0 fully saturated rings. The molecule has 0 heterocycles. The van der Waals surface area contributed by atoms with E-state index in [2.05, 4.69) is 0 Å². The minimum absolute atomic E-state index is 0.269. The molecule has 16 heavy (non-hydrogen) atoms. The highest BCUT2D eigenvalue weighted by atomic mass is 19.1. The standard InChI is InChI=1S/C13H17FO2/c1-8(12(15)16)9-5-6-10(11(14)7-9)13(2,3)4/h5-8H,1-4H3,(H,15,16). The number of carbonyl (C=O) groups is 1. The van der Waals surface area contributed by atoms with E-state index in [0.29, 0.717) is 11.1 Å². The third-order valence-corrected chi connectivity index (χ3v) is 2.67. The summed E-state index contributed by atoms with van der Waals surface area (Å²) in [5, 5.41) is 8.83. The summed E-state index contributed by atoms with van der Waals surface area (Å²) in [5.41, 5.74) is 0.835. The lowest BCUT2D eigenvalue weighted by Crippen LogP contribution is -2.15. The van der Waals surface area contributed by atoms with Crippen LogP contribution < -0.4 is 0 Å². The SMILES string of the molecule is CC(C(=O)O)c1ccc(C(C)(C)C)c(F)c1. The summed E-state index contributed by atoms with van der Waals surface area (Å²) in [6.07, 6.45) is 0. The Hall–Kier alpha value is -1.38. The van der Waals surface area contributed by atoms with Gasteiger partial charge in [-0.05, 0) is 29.5 Å². The first-order valence-corrected chi connectivity index (χ1v) is 5.26. The van der Waals surface area contributed by atoms with Gasteiger partial charge in [-0.2, -0.15) is 0 Å². The van der Waals surface area contributed by atoms with E-state index in [9.17, 15) is 9.18 Å². The van der Waals surface area contributed by atoms with Gasteiger partial charge in [0.1, 0.15) is 5.82 Å². The van der Waals surface area contributed by atoms with Gasteiger partial charge in [-0.1, -0.05) is 32.9 Å². The van der Waals surface area contributed by atoms with Crippen molar-refractivity contribution in [1.82, 2.24) is 0 Å². The maximum atomic E-state index is 13.8. The predicted molar refractivity (Wildman–Crippen MR) is 61.2 cm³/mol. The van der Waals surface area contributed by atoms with Crippen LogP contribution in [-0.4, -0.2) is 11.1 Å². The smallest absolute Gasteiger partial charge is 0.310 e. The number of rotatable bonds is 2. The summed E-state index contributed by atoms with van der Waals surface area (Å²) in [6.45, 7) is 7.32. The van der Waals surface area contributed by atoms with E-state index in [-0.39, 0.29) is 11.2 Å². The monoisotopic (exact) mass is 224 g/mol. The van der Waals surface area contributed by atoms with Gasteiger partial charge in [0.05, 0.1) is 5.92 Å². The first-order valence-electron chi connectivity index (χ1n) is 5.26. The van der Waals surface area contributed by atoms with Crippen molar-refractivity contribution in [2.45, 2.75) is 39.0 Å². The zero-order valence-corrected chi connectivity index (χ0v) is 10.0. The molecule has 0 aliphatic rings. The fourth-order valence-corrected chi connectivity index (χ4v) is 1.55. The molecule has 0 aromatic heterocycles. The van der Waals surface area contributed by atoms with E-state index < -0.39 is 11.9 Å². The molecule has 1 aromatic rings. The zero-order chi connectivity index (χ0) is 12.5. The summed E-state index contributed by atoms with van der Waals surface area (Å²) in [6, 6.07) is 4.67. The fourth-order valence-electron chi connectivity index (χ4n) is 1.55. The maximum absolute atomic E-state index is 13.8. The van der Waals surface area contributed by atoms with Crippen LogP contribution in [0.2, 0.25) is 0 Å². The largest absolute Gasteiger partial charge is 0.481 e. The molecule has 0 aliphatic heterocycles. The Bertz CT molecular complexity index is 405. The normalized spacial score (nSPS) is 13.6. The Morgan fingerprint density at radius 2 is 1.94 bits per heavy atom. The summed E-state index contributed by atoms with van der Waals surface area (Å²) >= 11 is 0. The Kier molecular flexibility index (Phi) is 3.36. The minimum Gasteiger partial charge on any atom is -0.481 e. The zero-order valence-electron chi connectivity index (χ0n) is 10.0. The number of aliphatic carboxylic acids is 1. The van der Waals surface area contributed by atoms with Gasteiger partial charge >= 0.3 is 5.97 Å². The van der Waals surface area contributed by atoms with Crippen molar-refractivity contribution in [2.75, 3.05) is 0 Å². The average molecular weight is 224 g/mol. The third-order valence-electron chi connectivity index (χ3n) is 2.67. The molecule has 1 atom stereocenters. The lowest BCUT2D eigenvalue weighted by molar-refractivity contribution is -0.138. The molecule has 0 spiro atoms. The first-order chi connectivity index (χ1) is 7.23. The number of benzene rings is 1. The van der Waals surface area contributed by atoms with E-state index in [1.165, 1.54) is 6.07 Å². The molecule has 1 rings (SSSR count). The van der Waals surface area contributed by atoms with E-state index in [0.717, 1.165) is 0 Å². The van der Waals surface area contributed by atoms with Gasteiger partial charge in [-0.15, -0.1) is 0 Å². The van der Waals surface area contributed by atoms with Gasteiger partial charge in [0.15, 0.2) is 0 Å². The molecule has 0 aliphatic carbocycles. The van der Waals surface area contributed by atoms with Gasteiger partial charge in [0.2, 0.25) is 0 Å². The van der Waals surface area contributed by atoms with Crippen LogP contribution in [0.1, 0.15) is 44.7 Å². The van der Waals surface area contributed by atoms with Gasteiger partial charge in [-0.25, -0.2) is 4.39 Å². The first kappa shape index (κ1) is 12.7. The highest BCUT2D eigenvalue weighted by Gasteiger charge is 2.21. The molecular weight excluding hydrogens is 207 g/mol. The predicted octanol–water partition coefficient (Wildman–Crippen LogP) is 3.31. The second-order valence-corrected chi connectivity index (χ2v) is 5.05. The van der Waals surface area contributed by atoms with Crippen LogP contribution in [0.4, 0.5) is 4.39 Å². The van der Waals surface area contributed by atoms with Crippen molar-refractivity contribution in [2.24, 2.45) is 0 Å². The topological polar surface area (TPSA) is 37.3 Å². The number of hydrogen-bond acceptors (Lipinski definition) is 1. The molecule has 1 N–H and O–H groups in total. The Morgan fingerprint density at radius 3 is 2.31 bits per heavy atom. The van der Waals surface area contributed by atoms with Crippen LogP contribution in [0.25, 0.3) is 0 Å². The summed E-state index contributed by atoms with van der Waals surface area (Å²) in [7, 11) is 0. The van der Waals surface area contributed by atoms with Crippen molar-refractivity contribution >= 4 is 5.97 Å². The second-order valence-electron chi connectivity index (χ2n) is 5.05. The van der Waals surface area contributed by atoms with E-state index >= 15 is 0 Å². The number of carboxylic acid groups (broad SMARTS) is 1. The molecule has 0 amide bonds. The molecule has 0 saturated heterocycles. The van der Waals surface area contributed by atoms with Crippen molar-refractivity contribution < 1.29 is 14.3 Å². The molecule has 0 radical (unpaired) electrons. The van der Waals surface area contributed by atoms with Crippen LogP contribution in [-0.2, 0) is 10.2 Å². The van der Waals surface area contributed by atoms with Crippen molar-refractivity contribution in [3.8, 4) is 0 Å². The molecule has 88 valence electrons. The summed E-state index contributed by atoms with van der Waals surface area (Å²) < 4.78 is 13.8. The molecule has 3 heteroatoms. The number of carboxylic acids is 1. The van der Waals surface area contributed by atoms with Gasteiger partial charge in [0.25, 0.3) is 0 Å². The van der Waals surface area contributed by atoms with Crippen LogP contribution in [0.3, 0.4) is 0 Å². The quantitative estimate of drug-likeness (QED) is 0.836. The van der Waals surface area contributed by atoms with Gasteiger partial charge in [-0.3, -0.25) is 4.79 Å². The Balaban J connectivity index is 3.14. The lowest BCUT2D eigenvalue weighted by atomic mass is 9.85. The van der Waals surface area contributed by atoms with E-state index in [4.69, 9.17) is 5.11 Å². The van der Waals surface area contributed by atoms with Crippen molar-refractivity contribution in [3.63, 3.8) is 0 Å². The average Bonchev–Trinajstić information content (AvgIpc) is 2.14. The van der Waals surface area contributed by atoms with Gasteiger partial charge in [0, 0.05) is 0 Å². The minimum atomic E-state index is -0.942. The summed E-state index contributed by atoms with van der Waals surface area (Å²) in [5.74, 6) is -1.95. The number of hydrogen-bond donors (Lipinski definition) is 1. The lowest BCUT2D eigenvalue weighted by Gasteiger charge is -2.20.